The predicted octanol–water partition coefficient (Wildman–Crippen LogP) is 0.139. The number of likely N-dealkylation sites (tertiary alicyclic amines) is 1. The summed E-state index contributed by atoms with van der Waals surface area (Å²) in [6.07, 6.45) is 0.374. The highest BCUT2D eigenvalue weighted by Crippen LogP contribution is 2.26. The molecule has 3 amide bonds. The number of methoxy groups -OCH3 is 1. The molecule has 0 aromatic carbocycles. The van der Waals surface area contributed by atoms with Gasteiger partial charge in [-0.15, -0.1) is 11.3 Å². The van der Waals surface area contributed by atoms with E-state index in [0.717, 1.165) is 9.18 Å². The first-order chi connectivity index (χ1) is 17.0. The lowest BCUT2D eigenvalue weighted by molar-refractivity contribution is -0.149. The van der Waals surface area contributed by atoms with Crippen LogP contribution in [0.15, 0.2) is 12.1 Å². The van der Waals surface area contributed by atoms with E-state index in [1.54, 1.807) is 17.0 Å². The lowest BCUT2D eigenvalue weighted by atomic mass is 10.2. The van der Waals surface area contributed by atoms with E-state index in [1.165, 1.54) is 42.3 Å². The Kier molecular flexibility index (Phi) is 10.1. The molecule has 0 N–H and O–H groups in total. The Hall–Kier alpha value is -1.77. The summed E-state index contributed by atoms with van der Waals surface area (Å²) in [5.41, 5.74) is 0. The highest BCUT2D eigenvalue weighted by atomic mass is 35.5. The summed E-state index contributed by atoms with van der Waals surface area (Å²) in [4.78, 5) is 44.4. The molecule has 3 rings (SSSR count). The maximum absolute atomic E-state index is 13.6. The Morgan fingerprint density at radius 3 is 2.53 bits per heavy atom. The number of aryl methyl sites for hydroxylation is 1. The Morgan fingerprint density at radius 2 is 1.94 bits per heavy atom. The number of sulfonamides is 1. The largest absolute Gasteiger partial charge is 0.382 e. The third kappa shape index (κ3) is 6.95. The van der Waals surface area contributed by atoms with E-state index in [2.05, 4.69) is 0 Å². The molecule has 1 aromatic rings. The first-order valence-corrected chi connectivity index (χ1v) is 14.5. The van der Waals surface area contributed by atoms with E-state index in [-0.39, 0.29) is 37.7 Å². The number of ether oxygens (including phenoxy) is 2. The molecule has 2 fully saturated rings. The number of halogens is 1. The van der Waals surface area contributed by atoms with Gasteiger partial charge < -0.3 is 24.2 Å². The molecule has 0 saturated carbocycles. The van der Waals surface area contributed by atoms with Crippen LogP contribution in [0, 0.1) is 0 Å². The minimum Gasteiger partial charge on any atom is -0.382 e. The van der Waals surface area contributed by atoms with Crippen LogP contribution in [0.4, 0.5) is 0 Å². The second-order valence-electron chi connectivity index (χ2n) is 8.85. The summed E-state index contributed by atoms with van der Waals surface area (Å²) in [5.74, 6) is -1.49. The molecule has 0 bridgehead atoms. The van der Waals surface area contributed by atoms with Crippen LogP contribution < -0.4 is 0 Å². The van der Waals surface area contributed by atoms with Gasteiger partial charge in [0.1, 0.15) is 12.1 Å². The van der Waals surface area contributed by atoms with Crippen LogP contribution in [0.1, 0.15) is 11.3 Å². The molecule has 36 heavy (non-hydrogen) atoms. The molecule has 0 radical (unpaired) electrons. The summed E-state index contributed by atoms with van der Waals surface area (Å²) in [7, 11) is 0.500. The molecule has 202 valence electrons. The Labute approximate surface area is 220 Å². The van der Waals surface area contributed by atoms with Crippen molar-refractivity contribution < 1.29 is 32.3 Å². The predicted molar refractivity (Wildman–Crippen MR) is 135 cm³/mol. The van der Waals surface area contributed by atoms with Crippen LogP contribution in [-0.2, 0) is 40.3 Å². The standard InChI is InChI=1S/C22H33ClN4O7S2/c1-24(2)20(28)14-27(36(31,32)13-7-16-4-5-19(23)35-16)17-6-8-26(22(17)30)18(15-33-3)21(29)25-9-11-34-12-10-25/h4-5,17-18H,6-15H2,1-3H3/t17-,18-/m0/s1. The summed E-state index contributed by atoms with van der Waals surface area (Å²) in [6.45, 7) is 1.35. The van der Waals surface area contributed by atoms with E-state index < -0.39 is 40.5 Å². The SMILES string of the molecule is COC[C@@H](C(=O)N1CCOCC1)N1CC[C@H](N(CC(=O)N(C)C)S(=O)(=O)CCc2ccc(Cl)s2)C1=O. The summed E-state index contributed by atoms with van der Waals surface area (Å²) in [6, 6.07) is 1.49. The number of hydrogen-bond acceptors (Lipinski definition) is 8. The molecule has 2 atom stereocenters. The number of morpholine rings is 1. The van der Waals surface area contributed by atoms with Crippen molar-refractivity contribution in [1.82, 2.24) is 19.0 Å². The zero-order valence-electron chi connectivity index (χ0n) is 20.7. The molecule has 0 spiro atoms. The highest BCUT2D eigenvalue weighted by Gasteiger charge is 2.46. The van der Waals surface area contributed by atoms with E-state index in [0.29, 0.717) is 30.6 Å². The second kappa shape index (κ2) is 12.7. The number of rotatable bonds is 11. The number of hydrogen-bond donors (Lipinski definition) is 0. The minimum atomic E-state index is -4.00. The van der Waals surface area contributed by atoms with Gasteiger partial charge >= 0.3 is 0 Å². The van der Waals surface area contributed by atoms with Gasteiger partial charge in [-0.2, -0.15) is 4.31 Å². The molecule has 11 nitrogen and oxygen atoms in total. The fourth-order valence-corrected chi connectivity index (χ4v) is 7.04. The van der Waals surface area contributed by atoms with Gasteiger partial charge in [0.15, 0.2) is 0 Å². The van der Waals surface area contributed by atoms with E-state index >= 15 is 0 Å². The van der Waals surface area contributed by atoms with Crippen molar-refractivity contribution in [2.45, 2.75) is 24.9 Å². The molecule has 0 aliphatic carbocycles. The minimum absolute atomic E-state index is 0.0167. The lowest BCUT2D eigenvalue weighted by Crippen LogP contribution is -2.56. The van der Waals surface area contributed by atoms with Gasteiger partial charge in [0, 0.05) is 45.7 Å². The maximum atomic E-state index is 13.6. The van der Waals surface area contributed by atoms with E-state index in [1.807, 2.05) is 0 Å². The summed E-state index contributed by atoms with van der Waals surface area (Å²) in [5, 5.41) is 0. The molecule has 2 aliphatic heterocycles. The molecule has 0 unspecified atom stereocenters. The normalized spacial score (nSPS) is 19.7. The van der Waals surface area contributed by atoms with E-state index in [9.17, 15) is 22.8 Å². The molecular formula is C22H33ClN4O7S2. The summed E-state index contributed by atoms with van der Waals surface area (Å²) < 4.78 is 39.0. The van der Waals surface area contributed by atoms with Crippen molar-refractivity contribution in [1.29, 1.82) is 0 Å². The maximum Gasteiger partial charge on any atom is 0.247 e. The summed E-state index contributed by atoms with van der Waals surface area (Å²) >= 11 is 7.25. The number of likely N-dealkylation sites (N-methyl/N-ethyl adjacent to an activating group) is 1. The monoisotopic (exact) mass is 564 g/mol. The van der Waals surface area contributed by atoms with E-state index in [4.69, 9.17) is 21.1 Å². The first kappa shape index (κ1) is 28.8. The average molecular weight is 565 g/mol. The topological polar surface area (TPSA) is 117 Å². The Bertz CT molecular complexity index is 1040. The number of thiophene rings is 1. The lowest BCUT2D eigenvalue weighted by Gasteiger charge is -2.34. The van der Waals surface area contributed by atoms with Crippen LogP contribution in [0.2, 0.25) is 4.34 Å². The number of carbonyl (C=O) groups is 3. The highest BCUT2D eigenvalue weighted by molar-refractivity contribution is 7.89. The molecule has 2 saturated heterocycles. The van der Waals surface area contributed by atoms with Gasteiger partial charge in [0.05, 0.1) is 36.5 Å². The van der Waals surface area contributed by atoms with Crippen molar-refractivity contribution in [3.8, 4) is 0 Å². The van der Waals surface area contributed by atoms with Crippen molar-refractivity contribution in [2.24, 2.45) is 0 Å². The quantitative estimate of drug-likeness (QED) is 0.375. The Morgan fingerprint density at radius 1 is 1.25 bits per heavy atom. The molecule has 1 aromatic heterocycles. The zero-order valence-corrected chi connectivity index (χ0v) is 23.1. The van der Waals surface area contributed by atoms with Crippen molar-refractivity contribution in [3.05, 3.63) is 21.3 Å². The number of amides is 3. The number of carbonyl (C=O) groups excluding carboxylic acids is 3. The first-order valence-electron chi connectivity index (χ1n) is 11.6. The van der Waals surface area contributed by atoms with Gasteiger partial charge in [0.2, 0.25) is 27.7 Å². The van der Waals surface area contributed by atoms with Crippen LogP contribution >= 0.6 is 22.9 Å². The second-order valence-corrected chi connectivity index (χ2v) is 12.7. The van der Waals surface area contributed by atoms with Crippen LogP contribution in [-0.4, -0.2) is 130 Å². The van der Waals surface area contributed by atoms with Crippen LogP contribution in [0.3, 0.4) is 0 Å². The third-order valence-corrected chi connectivity index (χ3v) is 9.36. The average Bonchev–Trinajstić information content (AvgIpc) is 3.44. The molecule has 2 aliphatic rings. The van der Waals surface area contributed by atoms with Gasteiger partial charge in [-0.1, -0.05) is 11.6 Å². The van der Waals surface area contributed by atoms with Crippen molar-refractivity contribution >= 4 is 50.7 Å². The molecule has 14 heteroatoms. The van der Waals surface area contributed by atoms with Crippen molar-refractivity contribution in [2.75, 3.05) is 73.0 Å². The van der Waals surface area contributed by atoms with Gasteiger partial charge in [-0.25, -0.2) is 8.42 Å². The van der Waals surface area contributed by atoms with Gasteiger partial charge in [-0.05, 0) is 25.0 Å². The molecule has 3 heterocycles. The van der Waals surface area contributed by atoms with Crippen LogP contribution in [0.25, 0.3) is 0 Å². The Balaban J connectivity index is 1.81. The van der Waals surface area contributed by atoms with Crippen molar-refractivity contribution in [3.63, 3.8) is 0 Å². The fraction of sp³-hybridized carbons (Fsp3) is 0.682. The van der Waals surface area contributed by atoms with Gasteiger partial charge in [-0.3, -0.25) is 14.4 Å². The van der Waals surface area contributed by atoms with Crippen LogP contribution in [0.5, 0.6) is 0 Å². The smallest absolute Gasteiger partial charge is 0.247 e. The fourth-order valence-electron chi connectivity index (χ4n) is 4.22. The third-order valence-electron chi connectivity index (χ3n) is 6.25. The number of nitrogens with zero attached hydrogens (tertiary/aromatic N) is 4. The zero-order chi connectivity index (χ0) is 26.5. The molecular weight excluding hydrogens is 532 g/mol. The van der Waals surface area contributed by atoms with Gasteiger partial charge in [0.25, 0.3) is 0 Å².